The highest BCUT2D eigenvalue weighted by Gasteiger charge is 2.48. The van der Waals surface area contributed by atoms with E-state index in [1.54, 1.807) is 0 Å². The van der Waals surface area contributed by atoms with Crippen LogP contribution in [0.3, 0.4) is 0 Å². The van der Waals surface area contributed by atoms with Gasteiger partial charge in [-0.2, -0.15) is 5.06 Å². The normalized spacial score (nSPS) is 18.9. The van der Waals surface area contributed by atoms with E-state index in [2.05, 4.69) is 0 Å². The van der Waals surface area contributed by atoms with Crippen molar-refractivity contribution in [1.82, 2.24) is 5.06 Å². The smallest absolute Gasteiger partial charge is 0.0890 e. The Bertz CT molecular complexity index is 593. The molecule has 0 aliphatic heterocycles. The molecule has 0 aromatic heterocycles. The molecule has 0 amide bonds. The van der Waals surface area contributed by atoms with Crippen LogP contribution in [-0.4, -0.2) is 21.0 Å². The average Bonchev–Trinajstić information content (AvgIpc) is 3.34. The van der Waals surface area contributed by atoms with E-state index in [4.69, 9.17) is 0 Å². The fraction of sp³-hybridized carbons (Fsp3) is 0.368. The first kappa shape index (κ1) is 15.2. The zero-order valence-corrected chi connectivity index (χ0v) is 12.9. The van der Waals surface area contributed by atoms with Crippen LogP contribution in [0.4, 0.5) is 0 Å². The quantitative estimate of drug-likeness (QED) is 0.797. The lowest BCUT2D eigenvalue weighted by atomic mass is 9.85. The molecule has 3 heteroatoms. The topological polar surface area (TPSA) is 43.7 Å². The Morgan fingerprint density at radius 3 is 2.14 bits per heavy atom. The molecule has 2 N–H and O–H groups in total. The molecule has 2 aromatic carbocycles. The molecule has 2 unspecified atom stereocenters. The number of nitrogens with zero attached hydrogens (tertiary/aromatic N) is 1. The molecule has 1 aliphatic carbocycles. The summed E-state index contributed by atoms with van der Waals surface area (Å²) in [6.07, 6.45) is 2.05. The predicted molar refractivity (Wildman–Crippen MR) is 86.3 cm³/mol. The van der Waals surface area contributed by atoms with E-state index in [1.165, 1.54) is 5.06 Å². The third-order valence-corrected chi connectivity index (χ3v) is 4.56. The van der Waals surface area contributed by atoms with Gasteiger partial charge in [0.1, 0.15) is 0 Å². The summed E-state index contributed by atoms with van der Waals surface area (Å²) in [4.78, 5) is 0. The molecule has 0 bridgehead atoms. The fourth-order valence-electron chi connectivity index (χ4n) is 3.20. The number of aliphatic hydroxyl groups is 1. The van der Waals surface area contributed by atoms with E-state index in [0.29, 0.717) is 6.54 Å². The van der Waals surface area contributed by atoms with E-state index in [-0.39, 0.29) is 5.92 Å². The summed E-state index contributed by atoms with van der Waals surface area (Å²) in [5.41, 5.74) is 1.03. The lowest BCUT2D eigenvalue weighted by Gasteiger charge is -2.38. The molecule has 2 atom stereocenters. The third kappa shape index (κ3) is 3.22. The lowest BCUT2D eigenvalue weighted by molar-refractivity contribution is -0.196. The summed E-state index contributed by atoms with van der Waals surface area (Å²) >= 11 is 0. The first-order valence-electron chi connectivity index (χ1n) is 7.86. The molecule has 0 radical (unpaired) electrons. The zero-order chi connectivity index (χ0) is 15.6. The highest BCUT2D eigenvalue weighted by molar-refractivity contribution is 5.24. The maximum absolute atomic E-state index is 11.0. The molecule has 2 aromatic rings. The van der Waals surface area contributed by atoms with Crippen molar-refractivity contribution in [3.05, 3.63) is 71.8 Å². The Morgan fingerprint density at radius 1 is 1.05 bits per heavy atom. The maximum Gasteiger partial charge on any atom is 0.0890 e. The Balaban J connectivity index is 1.88. The molecular formula is C19H23NO2. The number of rotatable bonds is 6. The van der Waals surface area contributed by atoms with Gasteiger partial charge in [-0.3, -0.25) is 0 Å². The molecule has 3 nitrogen and oxygen atoms in total. The minimum absolute atomic E-state index is 0.253. The summed E-state index contributed by atoms with van der Waals surface area (Å²) in [6.45, 7) is 2.24. The minimum atomic E-state index is -0.940. The molecule has 1 fully saturated rings. The van der Waals surface area contributed by atoms with Crippen LogP contribution in [0.15, 0.2) is 60.7 Å². The van der Waals surface area contributed by atoms with Gasteiger partial charge >= 0.3 is 0 Å². The van der Waals surface area contributed by atoms with E-state index in [0.717, 1.165) is 24.0 Å². The van der Waals surface area contributed by atoms with Gasteiger partial charge in [0.05, 0.1) is 11.6 Å². The van der Waals surface area contributed by atoms with Gasteiger partial charge in [-0.1, -0.05) is 60.7 Å². The van der Waals surface area contributed by atoms with E-state index >= 15 is 0 Å². The van der Waals surface area contributed by atoms with E-state index in [9.17, 15) is 10.3 Å². The predicted octanol–water partition coefficient (Wildman–Crippen LogP) is 3.78. The highest BCUT2D eigenvalue weighted by Crippen LogP contribution is 2.47. The standard InChI is InChI=1S/C19H23NO2/c1-19(21,17-12-13-17)18(16-10-6-3-7-11-16)20(22)14-15-8-4-2-5-9-15/h2-11,17-18,21-22H,12-14H2,1H3. The fourth-order valence-corrected chi connectivity index (χ4v) is 3.20. The van der Waals surface area contributed by atoms with Crippen molar-refractivity contribution in [2.24, 2.45) is 5.92 Å². The van der Waals surface area contributed by atoms with Crippen LogP contribution in [0, 0.1) is 5.92 Å². The molecule has 0 spiro atoms. The van der Waals surface area contributed by atoms with Gasteiger partial charge < -0.3 is 10.3 Å². The van der Waals surface area contributed by atoms with Crippen LogP contribution in [0.1, 0.15) is 36.9 Å². The van der Waals surface area contributed by atoms with Crippen molar-refractivity contribution >= 4 is 0 Å². The van der Waals surface area contributed by atoms with Crippen LogP contribution in [0.25, 0.3) is 0 Å². The van der Waals surface area contributed by atoms with Crippen molar-refractivity contribution in [3.8, 4) is 0 Å². The maximum atomic E-state index is 11.0. The van der Waals surface area contributed by atoms with Crippen LogP contribution < -0.4 is 0 Å². The van der Waals surface area contributed by atoms with Crippen molar-refractivity contribution in [2.45, 2.75) is 38.0 Å². The minimum Gasteiger partial charge on any atom is -0.388 e. The molecule has 0 heterocycles. The summed E-state index contributed by atoms with van der Waals surface area (Å²) in [6, 6.07) is 19.2. The monoisotopic (exact) mass is 297 g/mol. The van der Waals surface area contributed by atoms with Gasteiger partial charge in [0.25, 0.3) is 0 Å². The van der Waals surface area contributed by atoms with Crippen LogP contribution in [0.5, 0.6) is 0 Å². The van der Waals surface area contributed by atoms with Crippen molar-refractivity contribution < 1.29 is 10.3 Å². The number of hydrogen-bond acceptors (Lipinski definition) is 3. The second kappa shape index (κ2) is 6.21. The molecule has 3 rings (SSSR count). The molecule has 22 heavy (non-hydrogen) atoms. The lowest BCUT2D eigenvalue weighted by Crippen LogP contribution is -2.44. The third-order valence-electron chi connectivity index (χ3n) is 4.56. The number of hydroxylamine groups is 2. The van der Waals surface area contributed by atoms with Gasteiger partial charge in [0.15, 0.2) is 0 Å². The molecule has 0 saturated heterocycles. The van der Waals surface area contributed by atoms with Crippen molar-refractivity contribution in [3.63, 3.8) is 0 Å². The largest absolute Gasteiger partial charge is 0.388 e. The Kier molecular flexibility index (Phi) is 4.30. The van der Waals surface area contributed by atoms with Crippen LogP contribution in [0.2, 0.25) is 0 Å². The van der Waals surface area contributed by atoms with E-state index in [1.807, 2.05) is 67.6 Å². The Labute approximate surface area is 131 Å². The average molecular weight is 297 g/mol. The van der Waals surface area contributed by atoms with Crippen LogP contribution >= 0.6 is 0 Å². The first-order valence-corrected chi connectivity index (χ1v) is 7.86. The number of hydrogen-bond donors (Lipinski definition) is 2. The Hall–Kier alpha value is -1.68. The van der Waals surface area contributed by atoms with Crippen LogP contribution in [-0.2, 0) is 6.54 Å². The van der Waals surface area contributed by atoms with E-state index < -0.39 is 11.6 Å². The summed E-state index contributed by atoms with van der Waals surface area (Å²) < 4.78 is 0. The summed E-state index contributed by atoms with van der Waals surface area (Å²) in [5.74, 6) is 0.253. The SMILES string of the molecule is CC(O)(C1CC1)C(c1ccccc1)N(O)Cc1ccccc1. The second-order valence-corrected chi connectivity index (χ2v) is 6.40. The molecule has 1 aliphatic rings. The second-order valence-electron chi connectivity index (χ2n) is 6.40. The first-order chi connectivity index (χ1) is 10.6. The molecule has 1 saturated carbocycles. The zero-order valence-electron chi connectivity index (χ0n) is 12.9. The number of benzene rings is 2. The van der Waals surface area contributed by atoms with Gasteiger partial charge in [-0.15, -0.1) is 0 Å². The van der Waals surface area contributed by atoms with Gasteiger partial charge in [-0.05, 0) is 36.8 Å². The Morgan fingerprint density at radius 2 is 1.59 bits per heavy atom. The summed E-state index contributed by atoms with van der Waals surface area (Å²) in [7, 11) is 0. The summed E-state index contributed by atoms with van der Waals surface area (Å²) in [5, 5.41) is 23.0. The highest BCUT2D eigenvalue weighted by atomic mass is 16.5. The van der Waals surface area contributed by atoms with Gasteiger partial charge in [0, 0.05) is 6.54 Å². The van der Waals surface area contributed by atoms with Crippen molar-refractivity contribution in [1.29, 1.82) is 0 Å². The van der Waals surface area contributed by atoms with Crippen molar-refractivity contribution in [2.75, 3.05) is 0 Å². The molecular weight excluding hydrogens is 274 g/mol. The molecule has 116 valence electrons. The van der Waals surface area contributed by atoms with Gasteiger partial charge in [-0.25, -0.2) is 0 Å². The van der Waals surface area contributed by atoms with Gasteiger partial charge in [0.2, 0.25) is 0 Å².